The van der Waals surface area contributed by atoms with E-state index in [-0.39, 0.29) is 5.56 Å². The Kier molecular flexibility index (Phi) is 3.62. The first-order valence-corrected chi connectivity index (χ1v) is 7.52. The molecule has 106 valence electrons. The number of aromatic amines is 1. The second-order valence-electron chi connectivity index (χ2n) is 4.40. The number of hydrogen-bond donors (Lipinski definition) is 1. The minimum atomic E-state index is -0.168. The van der Waals surface area contributed by atoms with Crippen LogP contribution in [0.15, 0.2) is 46.5 Å². The van der Waals surface area contributed by atoms with E-state index in [2.05, 4.69) is 15.0 Å². The predicted octanol–water partition coefficient (Wildman–Crippen LogP) is 2.72. The van der Waals surface area contributed by atoms with Gasteiger partial charge in [-0.2, -0.15) is 0 Å². The average Bonchev–Trinajstić information content (AvgIpc) is 2.53. The lowest BCUT2D eigenvalue weighted by atomic mass is 10.1. The molecule has 0 spiro atoms. The third-order valence-electron chi connectivity index (χ3n) is 3.15. The fraction of sp³-hybridized carbons (Fsp3) is 0.133. The van der Waals surface area contributed by atoms with E-state index in [4.69, 9.17) is 4.74 Å². The smallest absolute Gasteiger partial charge is 0.257 e. The summed E-state index contributed by atoms with van der Waals surface area (Å²) in [5.74, 6) is 0.754. The summed E-state index contributed by atoms with van der Waals surface area (Å²) >= 11 is 1.44. The number of thioether (sulfide) groups is 1. The van der Waals surface area contributed by atoms with E-state index in [1.165, 1.54) is 11.8 Å². The van der Waals surface area contributed by atoms with Crippen molar-refractivity contribution in [1.29, 1.82) is 0 Å². The monoisotopic (exact) mass is 299 g/mol. The molecule has 0 atom stereocenters. The molecule has 0 aliphatic carbocycles. The van der Waals surface area contributed by atoms with Crippen LogP contribution in [0, 0.1) is 0 Å². The number of hydrogen-bond acceptors (Lipinski definition) is 5. The summed E-state index contributed by atoms with van der Waals surface area (Å²) in [4.78, 5) is 23.6. The molecule has 3 aromatic rings. The van der Waals surface area contributed by atoms with E-state index in [1.54, 1.807) is 19.4 Å². The van der Waals surface area contributed by atoms with Crippen LogP contribution in [0.5, 0.6) is 5.75 Å². The van der Waals surface area contributed by atoms with Gasteiger partial charge >= 0.3 is 0 Å². The average molecular weight is 299 g/mol. The Morgan fingerprint density at radius 3 is 2.67 bits per heavy atom. The highest BCUT2D eigenvalue weighted by Gasteiger charge is 2.07. The van der Waals surface area contributed by atoms with Crippen LogP contribution in [0.3, 0.4) is 0 Å². The molecule has 0 amide bonds. The summed E-state index contributed by atoms with van der Waals surface area (Å²) in [5.41, 5.74) is 1.80. The lowest BCUT2D eigenvalue weighted by molar-refractivity contribution is 0.415. The Bertz CT molecular complexity index is 844. The normalized spacial score (nSPS) is 10.8. The minimum Gasteiger partial charge on any atom is -0.497 e. The van der Waals surface area contributed by atoms with Crippen molar-refractivity contribution in [2.24, 2.45) is 0 Å². The van der Waals surface area contributed by atoms with Gasteiger partial charge in [-0.25, -0.2) is 9.97 Å². The standard InChI is InChI=1S/C15H13N3O2S/c1-20-11-5-3-9(4-6-11)12-7-10-8-16-15(21-2)18-13(10)17-14(12)19/h3-8H,1-2H3,(H,16,17,18,19). The molecule has 0 saturated carbocycles. The summed E-state index contributed by atoms with van der Waals surface area (Å²) in [5, 5.41) is 1.44. The number of benzene rings is 1. The van der Waals surface area contributed by atoms with E-state index in [1.807, 2.05) is 30.5 Å². The molecular weight excluding hydrogens is 286 g/mol. The Hall–Kier alpha value is -2.34. The fourth-order valence-electron chi connectivity index (χ4n) is 2.06. The Labute approximate surface area is 125 Å². The van der Waals surface area contributed by atoms with Crippen LogP contribution in [0.4, 0.5) is 0 Å². The number of nitrogens with one attached hydrogen (secondary N) is 1. The lowest BCUT2D eigenvalue weighted by Gasteiger charge is -2.05. The lowest BCUT2D eigenvalue weighted by Crippen LogP contribution is -2.10. The molecular formula is C15H13N3O2S. The molecule has 5 nitrogen and oxygen atoms in total. The van der Waals surface area contributed by atoms with Gasteiger partial charge in [-0.3, -0.25) is 4.79 Å². The quantitative estimate of drug-likeness (QED) is 0.595. The van der Waals surface area contributed by atoms with E-state index >= 15 is 0 Å². The second-order valence-corrected chi connectivity index (χ2v) is 5.17. The van der Waals surface area contributed by atoms with Gasteiger partial charge in [0.1, 0.15) is 11.4 Å². The number of aromatic nitrogens is 3. The zero-order valence-electron chi connectivity index (χ0n) is 11.6. The highest BCUT2D eigenvalue weighted by atomic mass is 32.2. The Balaban J connectivity index is 2.14. The van der Waals surface area contributed by atoms with Crippen LogP contribution >= 0.6 is 11.8 Å². The Morgan fingerprint density at radius 2 is 2.00 bits per heavy atom. The van der Waals surface area contributed by atoms with Gasteiger partial charge < -0.3 is 9.72 Å². The molecule has 6 heteroatoms. The van der Waals surface area contributed by atoms with E-state index < -0.39 is 0 Å². The molecule has 3 rings (SSSR count). The van der Waals surface area contributed by atoms with E-state index in [9.17, 15) is 4.79 Å². The highest BCUT2D eigenvalue weighted by molar-refractivity contribution is 7.98. The molecule has 0 aliphatic heterocycles. The van der Waals surface area contributed by atoms with Crippen molar-refractivity contribution in [1.82, 2.24) is 15.0 Å². The molecule has 0 radical (unpaired) electrons. The van der Waals surface area contributed by atoms with Gasteiger partial charge in [-0.1, -0.05) is 23.9 Å². The van der Waals surface area contributed by atoms with Gasteiger partial charge in [0.25, 0.3) is 5.56 Å². The van der Waals surface area contributed by atoms with Crippen molar-refractivity contribution >= 4 is 22.8 Å². The van der Waals surface area contributed by atoms with Gasteiger partial charge in [0.15, 0.2) is 5.16 Å². The third kappa shape index (κ3) is 2.62. The van der Waals surface area contributed by atoms with Gasteiger partial charge in [0, 0.05) is 17.1 Å². The first-order valence-electron chi connectivity index (χ1n) is 6.30. The minimum absolute atomic E-state index is 0.168. The second kappa shape index (κ2) is 5.57. The van der Waals surface area contributed by atoms with Crippen LogP contribution in [0.2, 0.25) is 0 Å². The number of methoxy groups -OCH3 is 1. The number of ether oxygens (including phenoxy) is 1. The summed E-state index contributed by atoms with van der Waals surface area (Å²) < 4.78 is 5.12. The third-order valence-corrected chi connectivity index (χ3v) is 3.72. The molecule has 1 aromatic carbocycles. The van der Waals surface area contributed by atoms with Crippen LogP contribution in [0.25, 0.3) is 22.2 Å². The maximum Gasteiger partial charge on any atom is 0.257 e. The molecule has 0 aliphatic rings. The largest absolute Gasteiger partial charge is 0.497 e. The molecule has 21 heavy (non-hydrogen) atoms. The molecule has 0 fully saturated rings. The van der Waals surface area contributed by atoms with Crippen molar-refractivity contribution in [3.63, 3.8) is 0 Å². The maximum atomic E-state index is 12.2. The molecule has 0 unspecified atom stereocenters. The molecule has 2 heterocycles. The topological polar surface area (TPSA) is 67.9 Å². The zero-order chi connectivity index (χ0) is 14.8. The number of H-pyrrole nitrogens is 1. The highest BCUT2D eigenvalue weighted by Crippen LogP contribution is 2.22. The summed E-state index contributed by atoms with van der Waals surface area (Å²) in [6, 6.07) is 9.16. The predicted molar refractivity (Wildman–Crippen MR) is 83.9 cm³/mol. The van der Waals surface area contributed by atoms with E-state index in [0.29, 0.717) is 16.4 Å². The van der Waals surface area contributed by atoms with Crippen molar-refractivity contribution < 1.29 is 4.74 Å². The number of nitrogens with zero attached hydrogens (tertiary/aromatic N) is 2. The van der Waals surface area contributed by atoms with Crippen molar-refractivity contribution in [3.8, 4) is 16.9 Å². The Morgan fingerprint density at radius 1 is 1.24 bits per heavy atom. The van der Waals surface area contributed by atoms with Crippen LogP contribution in [-0.2, 0) is 0 Å². The van der Waals surface area contributed by atoms with Gasteiger partial charge in [-0.05, 0) is 30.0 Å². The zero-order valence-corrected chi connectivity index (χ0v) is 12.4. The van der Waals surface area contributed by atoms with Crippen molar-refractivity contribution in [2.75, 3.05) is 13.4 Å². The summed E-state index contributed by atoms with van der Waals surface area (Å²) in [7, 11) is 1.61. The van der Waals surface area contributed by atoms with E-state index in [0.717, 1.165) is 16.7 Å². The summed E-state index contributed by atoms with van der Waals surface area (Å²) in [6.07, 6.45) is 3.61. The van der Waals surface area contributed by atoms with Crippen molar-refractivity contribution in [3.05, 3.63) is 46.9 Å². The molecule has 2 aromatic heterocycles. The summed E-state index contributed by atoms with van der Waals surface area (Å²) in [6.45, 7) is 0. The molecule has 0 saturated heterocycles. The molecule has 0 bridgehead atoms. The SMILES string of the molecule is COc1ccc(-c2cc3cnc(SC)nc3[nH]c2=O)cc1. The van der Waals surface area contributed by atoms with Crippen molar-refractivity contribution in [2.45, 2.75) is 5.16 Å². The van der Waals surface area contributed by atoms with Crippen LogP contribution in [-0.4, -0.2) is 28.3 Å². The maximum absolute atomic E-state index is 12.2. The molecule has 1 N–H and O–H groups in total. The van der Waals surface area contributed by atoms with Crippen LogP contribution < -0.4 is 10.3 Å². The number of rotatable bonds is 3. The van der Waals surface area contributed by atoms with Gasteiger partial charge in [0.2, 0.25) is 0 Å². The van der Waals surface area contributed by atoms with Gasteiger partial charge in [-0.15, -0.1) is 0 Å². The fourth-order valence-corrected chi connectivity index (χ4v) is 2.40. The van der Waals surface area contributed by atoms with Gasteiger partial charge in [0.05, 0.1) is 7.11 Å². The number of fused-ring (bicyclic) bond motifs is 1. The first-order chi connectivity index (χ1) is 10.2. The number of pyridine rings is 1. The first kappa shape index (κ1) is 13.6. The van der Waals surface area contributed by atoms with Crippen LogP contribution in [0.1, 0.15) is 0 Å².